The van der Waals surface area contributed by atoms with Crippen molar-refractivity contribution >= 4 is 22.5 Å². The summed E-state index contributed by atoms with van der Waals surface area (Å²) < 4.78 is 25.0. The summed E-state index contributed by atoms with van der Waals surface area (Å²) in [5.74, 6) is -0.220. The summed E-state index contributed by atoms with van der Waals surface area (Å²) in [6.45, 7) is 0. The molecule has 0 bridgehead atoms. The molecule has 2 amide bonds. The zero-order valence-corrected chi connectivity index (χ0v) is 12.9. The maximum absolute atomic E-state index is 13.5. The first-order valence-corrected chi connectivity index (χ1v) is 8.46. The first-order chi connectivity index (χ1) is 10.6. The van der Waals surface area contributed by atoms with E-state index in [0.717, 1.165) is 5.56 Å². The Kier molecular flexibility index (Phi) is 5.66. The average Bonchev–Trinajstić information content (AvgIpc) is 2.49. The minimum atomic E-state index is -1.08. The Morgan fingerprint density at radius 2 is 1.77 bits per heavy atom. The highest BCUT2D eigenvalue weighted by Crippen LogP contribution is 2.15. The third-order valence-electron chi connectivity index (χ3n) is 3.03. The van der Waals surface area contributed by atoms with Crippen LogP contribution in [0.5, 0.6) is 0 Å². The molecule has 6 heteroatoms. The Morgan fingerprint density at radius 1 is 1.14 bits per heavy atom. The van der Waals surface area contributed by atoms with Gasteiger partial charge in [0.05, 0.1) is 11.7 Å². The van der Waals surface area contributed by atoms with Crippen molar-refractivity contribution in [2.24, 2.45) is 0 Å². The molecule has 22 heavy (non-hydrogen) atoms. The van der Waals surface area contributed by atoms with Gasteiger partial charge >= 0.3 is 6.03 Å². The molecule has 2 aromatic carbocycles. The maximum atomic E-state index is 13.5. The van der Waals surface area contributed by atoms with Crippen molar-refractivity contribution < 1.29 is 13.4 Å². The average molecular weight is 320 g/mol. The number of carbonyl (C=O) groups excluding carboxylic acids is 1. The molecule has 0 aromatic heterocycles. The Bertz CT molecular complexity index is 664. The molecule has 2 aromatic rings. The first-order valence-electron chi connectivity index (χ1n) is 6.73. The van der Waals surface area contributed by atoms with Crippen LogP contribution in [0.4, 0.5) is 14.9 Å². The Labute approximate surface area is 131 Å². The number of rotatable bonds is 5. The molecule has 0 aliphatic carbocycles. The van der Waals surface area contributed by atoms with E-state index in [1.54, 1.807) is 18.4 Å². The smallest absolute Gasteiger partial charge is 0.319 e. The highest BCUT2D eigenvalue weighted by atomic mass is 32.2. The Morgan fingerprint density at radius 3 is 2.41 bits per heavy atom. The number of amides is 2. The number of carbonyl (C=O) groups is 1. The van der Waals surface area contributed by atoms with Crippen molar-refractivity contribution in [3.8, 4) is 0 Å². The molecule has 0 saturated heterocycles. The number of anilines is 1. The normalized spacial score (nSPS) is 13.2. The van der Waals surface area contributed by atoms with Crippen LogP contribution < -0.4 is 10.6 Å². The predicted molar refractivity (Wildman–Crippen MR) is 86.7 cm³/mol. The maximum Gasteiger partial charge on any atom is 0.319 e. The van der Waals surface area contributed by atoms with E-state index in [1.165, 1.54) is 12.1 Å². The van der Waals surface area contributed by atoms with Gasteiger partial charge in [0.2, 0.25) is 0 Å². The van der Waals surface area contributed by atoms with E-state index in [1.807, 2.05) is 30.3 Å². The number of benzene rings is 2. The second kappa shape index (κ2) is 7.70. The van der Waals surface area contributed by atoms with E-state index in [9.17, 15) is 13.4 Å². The molecular formula is C16H17FN2O2S. The van der Waals surface area contributed by atoms with Crippen molar-refractivity contribution in [2.75, 3.05) is 17.3 Å². The molecule has 0 aliphatic rings. The molecule has 0 saturated carbocycles. The standard InChI is InChI=1S/C16H17FN2O2S/c1-22(21)11-15(12-7-3-2-4-8-12)19-16(20)18-14-10-6-5-9-13(14)17/h2-10,15H,11H2,1H3,(H2,18,19,20)/t15-,22+/m0/s1. The number of halogens is 1. The number of hydrogen-bond donors (Lipinski definition) is 2. The quantitative estimate of drug-likeness (QED) is 0.889. The van der Waals surface area contributed by atoms with Crippen molar-refractivity contribution in [2.45, 2.75) is 6.04 Å². The van der Waals surface area contributed by atoms with Crippen molar-refractivity contribution in [1.82, 2.24) is 5.32 Å². The van der Waals surface area contributed by atoms with Crippen LogP contribution in [0.2, 0.25) is 0 Å². The molecule has 4 nitrogen and oxygen atoms in total. The SMILES string of the molecule is C[S@@](=O)C[C@H](NC(=O)Nc1ccccc1F)c1ccccc1. The fourth-order valence-corrected chi connectivity index (χ4v) is 2.77. The minimum Gasteiger partial charge on any atom is -0.330 e. The van der Waals surface area contributed by atoms with Gasteiger partial charge in [-0.3, -0.25) is 4.21 Å². The fraction of sp³-hybridized carbons (Fsp3) is 0.188. The molecule has 2 N–H and O–H groups in total. The Balaban J connectivity index is 2.08. The number of nitrogens with one attached hydrogen (secondary N) is 2. The van der Waals surface area contributed by atoms with E-state index in [-0.39, 0.29) is 11.4 Å². The first kappa shape index (κ1) is 16.2. The van der Waals surface area contributed by atoms with Crippen LogP contribution in [0.3, 0.4) is 0 Å². The molecule has 0 radical (unpaired) electrons. The van der Waals surface area contributed by atoms with Gasteiger partial charge in [0.1, 0.15) is 5.82 Å². The minimum absolute atomic E-state index is 0.101. The van der Waals surface area contributed by atoms with Gasteiger partial charge in [-0.2, -0.15) is 0 Å². The third kappa shape index (κ3) is 4.66. The predicted octanol–water partition coefficient (Wildman–Crippen LogP) is 3.07. The molecule has 2 atom stereocenters. The lowest BCUT2D eigenvalue weighted by Crippen LogP contribution is -2.35. The van der Waals surface area contributed by atoms with Crippen LogP contribution in [0, 0.1) is 5.82 Å². The van der Waals surface area contributed by atoms with Gasteiger partial charge in [-0.15, -0.1) is 0 Å². The largest absolute Gasteiger partial charge is 0.330 e. The van der Waals surface area contributed by atoms with Gasteiger partial charge < -0.3 is 10.6 Å². The van der Waals surface area contributed by atoms with Crippen LogP contribution in [0.25, 0.3) is 0 Å². The topological polar surface area (TPSA) is 58.2 Å². The van der Waals surface area contributed by atoms with Crippen LogP contribution in [0.15, 0.2) is 54.6 Å². The van der Waals surface area contributed by atoms with Crippen LogP contribution in [-0.4, -0.2) is 22.2 Å². The summed E-state index contributed by atoms with van der Waals surface area (Å²) in [7, 11) is -1.08. The van der Waals surface area contributed by atoms with Crippen LogP contribution in [0.1, 0.15) is 11.6 Å². The van der Waals surface area contributed by atoms with Crippen molar-refractivity contribution in [3.05, 3.63) is 66.0 Å². The van der Waals surface area contributed by atoms with Crippen LogP contribution >= 0.6 is 0 Å². The summed E-state index contributed by atoms with van der Waals surface area (Å²) in [6.07, 6.45) is 1.58. The zero-order valence-electron chi connectivity index (χ0n) is 12.1. The molecule has 0 spiro atoms. The lowest BCUT2D eigenvalue weighted by Gasteiger charge is -2.18. The van der Waals surface area contributed by atoms with Gasteiger partial charge in [0.25, 0.3) is 0 Å². The molecule has 0 unspecified atom stereocenters. The monoisotopic (exact) mass is 320 g/mol. The molecule has 0 fully saturated rings. The molecule has 0 aliphatic heterocycles. The van der Waals surface area contributed by atoms with Crippen molar-refractivity contribution in [1.29, 1.82) is 0 Å². The number of urea groups is 1. The lowest BCUT2D eigenvalue weighted by atomic mass is 10.1. The van der Waals surface area contributed by atoms with Gasteiger partial charge in [0, 0.05) is 22.8 Å². The highest BCUT2D eigenvalue weighted by molar-refractivity contribution is 7.84. The van der Waals surface area contributed by atoms with Crippen LogP contribution in [-0.2, 0) is 10.8 Å². The van der Waals surface area contributed by atoms with Gasteiger partial charge in [0.15, 0.2) is 0 Å². The van der Waals surface area contributed by atoms with E-state index >= 15 is 0 Å². The summed E-state index contributed by atoms with van der Waals surface area (Å²) in [4.78, 5) is 12.0. The zero-order chi connectivity index (χ0) is 15.9. The van der Waals surface area contributed by atoms with E-state index in [0.29, 0.717) is 0 Å². The van der Waals surface area contributed by atoms with Gasteiger partial charge in [-0.1, -0.05) is 42.5 Å². The molecule has 116 valence electrons. The summed E-state index contributed by atoms with van der Waals surface area (Å²) in [5.41, 5.74) is 0.950. The van der Waals surface area contributed by atoms with E-state index < -0.39 is 28.7 Å². The molecule has 2 rings (SSSR count). The summed E-state index contributed by atoms with van der Waals surface area (Å²) >= 11 is 0. The number of para-hydroxylation sites is 1. The van der Waals surface area contributed by atoms with E-state index in [2.05, 4.69) is 10.6 Å². The van der Waals surface area contributed by atoms with E-state index in [4.69, 9.17) is 0 Å². The lowest BCUT2D eigenvalue weighted by molar-refractivity contribution is 0.249. The number of hydrogen-bond acceptors (Lipinski definition) is 2. The summed E-state index contributed by atoms with van der Waals surface area (Å²) in [6, 6.07) is 14.2. The van der Waals surface area contributed by atoms with Gasteiger partial charge in [-0.05, 0) is 17.7 Å². The molecular weight excluding hydrogens is 303 g/mol. The summed E-state index contributed by atoms with van der Waals surface area (Å²) in [5, 5.41) is 5.19. The second-order valence-electron chi connectivity index (χ2n) is 4.78. The molecule has 0 heterocycles. The second-order valence-corrected chi connectivity index (χ2v) is 6.26. The van der Waals surface area contributed by atoms with Gasteiger partial charge in [-0.25, -0.2) is 9.18 Å². The highest BCUT2D eigenvalue weighted by Gasteiger charge is 2.16. The third-order valence-corrected chi connectivity index (χ3v) is 3.83. The van der Waals surface area contributed by atoms with Crippen molar-refractivity contribution in [3.63, 3.8) is 0 Å². The Hall–Kier alpha value is -2.21. The fourth-order valence-electron chi connectivity index (χ4n) is 2.02.